The fraction of sp³-hybridized carbons (Fsp3) is 0.632. The molecule has 8 heteroatoms. The van der Waals surface area contributed by atoms with Crippen molar-refractivity contribution >= 4 is 27.5 Å². The molecule has 7 nitrogen and oxygen atoms in total. The number of carbonyl (C=O) groups is 1. The van der Waals surface area contributed by atoms with Gasteiger partial charge in [-0.2, -0.15) is 4.98 Å². The third kappa shape index (κ3) is 2.81. The number of nitrogens with zero attached hydrogens (tertiary/aromatic N) is 2. The number of carbonyl (C=O) groups excluding carboxylic acids is 1. The first-order valence-corrected chi connectivity index (χ1v) is 9.85. The summed E-state index contributed by atoms with van der Waals surface area (Å²) in [6.07, 6.45) is 0.998. The van der Waals surface area contributed by atoms with Crippen LogP contribution < -0.4 is 4.74 Å². The van der Waals surface area contributed by atoms with E-state index < -0.39 is 0 Å². The molecule has 27 heavy (non-hydrogen) atoms. The van der Waals surface area contributed by atoms with Crippen LogP contribution in [-0.2, 0) is 20.8 Å². The molecule has 0 bridgehead atoms. The van der Waals surface area contributed by atoms with Crippen LogP contribution in [0, 0.1) is 18.3 Å². The number of hydrogen-bond donors (Lipinski definition) is 0. The van der Waals surface area contributed by atoms with Gasteiger partial charge in [-0.25, -0.2) is 9.78 Å². The highest BCUT2D eigenvalue weighted by Gasteiger charge is 2.61. The molecule has 1 saturated heterocycles. The first-order chi connectivity index (χ1) is 12.9. The molecule has 0 unspecified atom stereocenters. The Balaban J connectivity index is 1.65. The van der Waals surface area contributed by atoms with E-state index in [2.05, 4.69) is 23.8 Å². The summed E-state index contributed by atoms with van der Waals surface area (Å²) in [6, 6.07) is 0. The fourth-order valence-electron chi connectivity index (χ4n) is 4.37. The Morgan fingerprint density at radius 2 is 2.11 bits per heavy atom. The molecule has 0 aromatic carbocycles. The van der Waals surface area contributed by atoms with Crippen molar-refractivity contribution in [3.05, 3.63) is 16.3 Å². The number of ether oxygens (including phenoxy) is 4. The summed E-state index contributed by atoms with van der Waals surface area (Å²) >= 11 is 1.31. The lowest BCUT2D eigenvalue weighted by Crippen LogP contribution is -2.61. The van der Waals surface area contributed by atoms with Crippen LogP contribution >= 0.6 is 11.3 Å². The van der Waals surface area contributed by atoms with Crippen molar-refractivity contribution in [2.75, 3.05) is 20.8 Å². The molecule has 1 aliphatic heterocycles. The van der Waals surface area contributed by atoms with Crippen molar-refractivity contribution in [1.29, 1.82) is 0 Å². The van der Waals surface area contributed by atoms with Crippen LogP contribution in [0.15, 0.2) is 0 Å². The highest BCUT2D eigenvalue weighted by molar-refractivity contribution is 7.20. The van der Waals surface area contributed by atoms with E-state index in [4.69, 9.17) is 18.9 Å². The van der Waals surface area contributed by atoms with E-state index in [0.717, 1.165) is 24.0 Å². The first kappa shape index (κ1) is 18.6. The standard InChI is InChI=1S/C19H24N2O5S/c1-9-12-16(24-5)20-11(8-23-4)21-17(12)27-13(9)18(22)26-15-10-6-7-25-14(10)19(15,2)3/h10,14-15H,6-8H2,1-5H3/t10-,14-,15-/m1/s1. The second kappa shape index (κ2) is 6.68. The highest BCUT2D eigenvalue weighted by Crippen LogP contribution is 2.54. The molecule has 0 N–H and O–H groups in total. The molecule has 1 saturated carbocycles. The number of aryl methyl sites for hydroxylation is 1. The van der Waals surface area contributed by atoms with Gasteiger partial charge in [0, 0.05) is 25.0 Å². The number of thiophene rings is 1. The maximum Gasteiger partial charge on any atom is 0.348 e. The van der Waals surface area contributed by atoms with E-state index in [-0.39, 0.29) is 30.2 Å². The van der Waals surface area contributed by atoms with Gasteiger partial charge in [-0.3, -0.25) is 0 Å². The number of hydrogen-bond acceptors (Lipinski definition) is 8. The summed E-state index contributed by atoms with van der Waals surface area (Å²) in [6.45, 7) is 7.10. The van der Waals surface area contributed by atoms with Crippen LogP contribution in [0.4, 0.5) is 0 Å². The van der Waals surface area contributed by atoms with Gasteiger partial charge in [0.05, 0.1) is 18.6 Å². The molecule has 2 aromatic heterocycles. The molecule has 2 fully saturated rings. The van der Waals surface area contributed by atoms with Crippen molar-refractivity contribution in [3.63, 3.8) is 0 Å². The molecule has 0 amide bonds. The molecule has 1 aliphatic carbocycles. The zero-order valence-electron chi connectivity index (χ0n) is 16.2. The largest absolute Gasteiger partial charge is 0.480 e. The van der Waals surface area contributed by atoms with Crippen molar-refractivity contribution in [3.8, 4) is 5.88 Å². The zero-order chi connectivity index (χ0) is 19.3. The second-order valence-corrected chi connectivity index (χ2v) is 8.71. The Labute approximate surface area is 162 Å². The lowest BCUT2D eigenvalue weighted by molar-refractivity contribution is -0.183. The summed E-state index contributed by atoms with van der Waals surface area (Å²) in [7, 11) is 3.15. The number of fused-ring (bicyclic) bond motifs is 2. The minimum atomic E-state index is -0.311. The minimum absolute atomic E-state index is 0.126. The van der Waals surface area contributed by atoms with Crippen LogP contribution in [0.1, 0.15) is 41.3 Å². The normalized spacial score (nSPS) is 25.9. The Morgan fingerprint density at radius 3 is 2.81 bits per heavy atom. The van der Waals surface area contributed by atoms with E-state index in [1.807, 2.05) is 6.92 Å². The van der Waals surface area contributed by atoms with Crippen molar-refractivity contribution in [2.45, 2.75) is 46.0 Å². The van der Waals surface area contributed by atoms with Crippen LogP contribution in [0.25, 0.3) is 10.2 Å². The lowest BCUT2D eigenvalue weighted by Gasteiger charge is -2.53. The fourth-order valence-corrected chi connectivity index (χ4v) is 5.44. The predicted molar refractivity (Wildman–Crippen MR) is 100 cm³/mol. The maximum atomic E-state index is 13.0. The number of esters is 1. The summed E-state index contributed by atoms with van der Waals surface area (Å²) in [5, 5.41) is 0.754. The highest BCUT2D eigenvalue weighted by atomic mass is 32.1. The Bertz CT molecular complexity index is 894. The lowest BCUT2D eigenvalue weighted by atomic mass is 9.59. The van der Waals surface area contributed by atoms with E-state index in [1.54, 1.807) is 14.2 Å². The summed E-state index contributed by atoms with van der Waals surface area (Å²) in [5.74, 6) is 0.956. The third-order valence-electron chi connectivity index (χ3n) is 5.68. The molecular weight excluding hydrogens is 368 g/mol. The average molecular weight is 392 g/mol. The zero-order valence-corrected chi connectivity index (χ0v) is 17.0. The molecule has 3 heterocycles. The molecule has 3 atom stereocenters. The molecule has 2 aromatic rings. The van der Waals surface area contributed by atoms with Gasteiger partial charge in [0.1, 0.15) is 22.4 Å². The predicted octanol–water partition coefficient (Wildman–Crippen LogP) is 3.13. The Kier molecular flexibility index (Phi) is 4.60. The summed E-state index contributed by atoms with van der Waals surface area (Å²) < 4.78 is 22.3. The van der Waals surface area contributed by atoms with Gasteiger partial charge < -0.3 is 18.9 Å². The van der Waals surface area contributed by atoms with Gasteiger partial charge in [-0.15, -0.1) is 11.3 Å². The second-order valence-electron chi connectivity index (χ2n) is 7.71. The Hall–Kier alpha value is -1.77. The van der Waals surface area contributed by atoms with Gasteiger partial charge in [0.15, 0.2) is 5.82 Å². The van der Waals surface area contributed by atoms with E-state index in [9.17, 15) is 4.79 Å². The van der Waals surface area contributed by atoms with Crippen LogP contribution in [0.5, 0.6) is 5.88 Å². The maximum absolute atomic E-state index is 13.0. The molecule has 146 valence electrons. The average Bonchev–Trinajstić information content (AvgIpc) is 3.23. The van der Waals surface area contributed by atoms with Gasteiger partial charge in [-0.1, -0.05) is 13.8 Å². The van der Waals surface area contributed by atoms with Crippen molar-refractivity contribution in [1.82, 2.24) is 9.97 Å². The monoisotopic (exact) mass is 392 g/mol. The minimum Gasteiger partial charge on any atom is -0.480 e. The topological polar surface area (TPSA) is 79.8 Å². The van der Waals surface area contributed by atoms with Crippen molar-refractivity contribution < 1.29 is 23.7 Å². The van der Waals surface area contributed by atoms with Crippen LogP contribution in [0.3, 0.4) is 0 Å². The number of rotatable bonds is 5. The number of methoxy groups -OCH3 is 2. The smallest absolute Gasteiger partial charge is 0.348 e. The first-order valence-electron chi connectivity index (χ1n) is 9.04. The van der Waals surface area contributed by atoms with E-state index in [0.29, 0.717) is 27.3 Å². The van der Waals surface area contributed by atoms with Gasteiger partial charge in [0.25, 0.3) is 0 Å². The molecule has 2 aliphatic rings. The van der Waals surface area contributed by atoms with Crippen molar-refractivity contribution in [2.24, 2.45) is 11.3 Å². The third-order valence-corrected chi connectivity index (χ3v) is 6.85. The summed E-state index contributed by atoms with van der Waals surface area (Å²) in [5.41, 5.74) is 0.627. The molecule has 0 radical (unpaired) electrons. The molecular formula is C19H24N2O5S. The van der Waals surface area contributed by atoms with E-state index >= 15 is 0 Å². The van der Waals surface area contributed by atoms with Gasteiger partial charge in [0.2, 0.25) is 5.88 Å². The van der Waals surface area contributed by atoms with Gasteiger partial charge in [-0.05, 0) is 18.9 Å². The quantitative estimate of drug-likeness (QED) is 0.723. The molecule has 0 spiro atoms. The number of aromatic nitrogens is 2. The summed E-state index contributed by atoms with van der Waals surface area (Å²) in [4.78, 5) is 23.1. The Morgan fingerprint density at radius 1 is 1.33 bits per heavy atom. The molecule has 4 rings (SSSR count). The van der Waals surface area contributed by atoms with Crippen LogP contribution in [-0.4, -0.2) is 49.0 Å². The van der Waals surface area contributed by atoms with E-state index in [1.165, 1.54) is 11.3 Å². The van der Waals surface area contributed by atoms with Gasteiger partial charge >= 0.3 is 5.97 Å². The SMILES string of the molecule is COCc1nc(OC)c2c(C)c(C(=O)O[C@@H]3[C@@H]4CCO[C@H]4C3(C)C)sc2n1. The van der Waals surface area contributed by atoms with Crippen LogP contribution in [0.2, 0.25) is 0 Å².